The van der Waals surface area contributed by atoms with Crippen LogP contribution in [0.3, 0.4) is 0 Å². The molecule has 1 saturated heterocycles. The summed E-state index contributed by atoms with van der Waals surface area (Å²) in [6.45, 7) is 14.0. The fraction of sp³-hybridized carbons (Fsp3) is 0.281. The molecule has 2 aromatic carbocycles. The molecule has 3 heterocycles. The third-order valence-electron chi connectivity index (χ3n) is 6.83. The zero-order valence-corrected chi connectivity index (χ0v) is 25.4. The number of nitrogens with two attached hydrogens (primary N) is 1. The number of esters is 1. The first-order chi connectivity index (χ1) is 21.1. The molecule has 0 spiro atoms. The maximum absolute atomic E-state index is 11.7. The minimum Gasteiger partial charge on any atom is -0.491 e. The van der Waals surface area contributed by atoms with Crippen LogP contribution in [0.25, 0.3) is 27.4 Å². The first-order valence-electron chi connectivity index (χ1n) is 13.6. The maximum atomic E-state index is 11.7. The number of benzene rings is 2. The smallest absolute Gasteiger partial charge is 0.337 e. The van der Waals surface area contributed by atoms with Crippen molar-refractivity contribution in [3.05, 3.63) is 82.5 Å². The molecule has 0 amide bonds. The third kappa shape index (κ3) is 6.53. The summed E-state index contributed by atoms with van der Waals surface area (Å²) in [5, 5.41) is 10.6. The number of nitriles is 1. The summed E-state index contributed by atoms with van der Waals surface area (Å²) in [5.41, 5.74) is 9.37. The Morgan fingerprint density at radius 1 is 1.18 bits per heavy atom. The van der Waals surface area contributed by atoms with Crippen LogP contribution in [0.5, 0.6) is 5.75 Å². The average Bonchev–Trinajstić information content (AvgIpc) is 3.58. The van der Waals surface area contributed by atoms with Gasteiger partial charge in [0.1, 0.15) is 41.1 Å². The summed E-state index contributed by atoms with van der Waals surface area (Å²) in [6, 6.07) is 16.1. The van der Waals surface area contributed by atoms with E-state index in [1.807, 2.05) is 13.8 Å². The number of anilines is 1. The van der Waals surface area contributed by atoms with Crippen LogP contribution < -0.4 is 10.5 Å². The summed E-state index contributed by atoms with van der Waals surface area (Å²) >= 11 is 1.27. The predicted octanol–water partition coefficient (Wildman–Crippen LogP) is 6.33. The van der Waals surface area contributed by atoms with Crippen molar-refractivity contribution in [3.63, 3.8) is 0 Å². The van der Waals surface area contributed by atoms with Crippen molar-refractivity contribution in [2.24, 2.45) is 0 Å². The molecule has 11 nitrogen and oxygen atoms in total. The van der Waals surface area contributed by atoms with E-state index in [2.05, 4.69) is 20.9 Å². The second kappa shape index (κ2) is 12.8. The van der Waals surface area contributed by atoms with Gasteiger partial charge < -0.3 is 29.1 Å². The number of rotatable bonds is 9. The quantitative estimate of drug-likeness (QED) is 0.129. The first-order valence-corrected chi connectivity index (χ1v) is 14.5. The van der Waals surface area contributed by atoms with Gasteiger partial charge in [0.15, 0.2) is 5.79 Å². The van der Waals surface area contributed by atoms with Gasteiger partial charge in [-0.2, -0.15) is 5.26 Å². The zero-order chi connectivity index (χ0) is 31.4. The monoisotopic (exact) mass is 611 g/mol. The van der Waals surface area contributed by atoms with E-state index < -0.39 is 11.8 Å². The van der Waals surface area contributed by atoms with Crippen LogP contribution >= 0.6 is 11.8 Å². The van der Waals surface area contributed by atoms with Crippen molar-refractivity contribution in [1.82, 2.24) is 9.97 Å². The van der Waals surface area contributed by atoms with E-state index in [9.17, 15) is 10.1 Å². The summed E-state index contributed by atoms with van der Waals surface area (Å²) < 4.78 is 27.9. The van der Waals surface area contributed by atoms with Crippen LogP contribution in [0.15, 0.2) is 58.0 Å². The van der Waals surface area contributed by atoms with Crippen molar-refractivity contribution < 1.29 is 28.2 Å². The average molecular weight is 612 g/mol. The van der Waals surface area contributed by atoms with Gasteiger partial charge in [-0.25, -0.2) is 19.6 Å². The molecule has 44 heavy (non-hydrogen) atoms. The molecule has 0 radical (unpaired) electrons. The number of carbonyl (C=O) groups is 1. The van der Waals surface area contributed by atoms with Crippen LogP contribution in [0.4, 0.5) is 11.5 Å². The molecule has 1 fully saturated rings. The number of aryl methyl sites for hydroxylation is 1. The lowest BCUT2D eigenvalue weighted by Crippen LogP contribution is -2.25. The Bertz CT molecular complexity index is 1770. The number of oxazole rings is 1. The number of aromatic nitrogens is 2. The summed E-state index contributed by atoms with van der Waals surface area (Å²) in [4.78, 5) is 24.4. The fourth-order valence-corrected chi connectivity index (χ4v) is 5.61. The Morgan fingerprint density at radius 2 is 1.89 bits per heavy atom. The van der Waals surface area contributed by atoms with Gasteiger partial charge in [0.2, 0.25) is 11.6 Å². The second-order valence-corrected chi connectivity index (χ2v) is 11.3. The van der Waals surface area contributed by atoms with Gasteiger partial charge in [0.25, 0.3) is 0 Å². The fourth-order valence-electron chi connectivity index (χ4n) is 4.62. The van der Waals surface area contributed by atoms with Crippen LogP contribution in [-0.2, 0) is 20.0 Å². The molecule has 5 rings (SSSR count). The SMILES string of the molecule is [C-]#[N+]c1c(N)nc(SCc2nc(-c3ccc(C(=O)OC)cc3)oc2C)c(C#N)c1-c1ccc(OC[C@@H]2COC(C)(C)O2)cc1. The lowest BCUT2D eigenvalue weighted by Gasteiger charge is -2.17. The van der Waals surface area contributed by atoms with Crippen molar-refractivity contribution >= 4 is 29.2 Å². The first kappa shape index (κ1) is 30.6. The van der Waals surface area contributed by atoms with Gasteiger partial charge >= 0.3 is 5.97 Å². The van der Waals surface area contributed by atoms with E-state index in [0.29, 0.717) is 69.3 Å². The largest absolute Gasteiger partial charge is 0.491 e. The molecular weight excluding hydrogens is 582 g/mol. The number of nitrogens with zero attached hydrogens (tertiary/aromatic N) is 4. The van der Waals surface area contributed by atoms with Gasteiger partial charge in [-0.1, -0.05) is 23.9 Å². The van der Waals surface area contributed by atoms with Crippen LogP contribution in [0.2, 0.25) is 0 Å². The molecule has 0 unspecified atom stereocenters. The minimum absolute atomic E-state index is 0.0288. The summed E-state index contributed by atoms with van der Waals surface area (Å²) in [7, 11) is 1.33. The number of ether oxygens (including phenoxy) is 4. The van der Waals surface area contributed by atoms with Crippen molar-refractivity contribution in [3.8, 4) is 34.4 Å². The van der Waals surface area contributed by atoms with Gasteiger partial charge in [-0.15, -0.1) is 0 Å². The Morgan fingerprint density at radius 3 is 2.50 bits per heavy atom. The van der Waals surface area contributed by atoms with Gasteiger partial charge in [0, 0.05) is 16.9 Å². The number of thioether (sulfide) groups is 1. The number of nitrogen functional groups attached to an aromatic ring is 1. The normalized spacial score (nSPS) is 15.4. The number of hydrogen-bond acceptors (Lipinski definition) is 11. The Hall–Kier alpha value is -4.88. The molecule has 2 aromatic heterocycles. The molecule has 1 aliphatic heterocycles. The van der Waals surface area contributed by atoms with E-state index in [-0.39, 0.29) is 23.2 Å². The van der Waals surface area contributed by atoms with Crippen LogP contribution in [-0.4, -0.2) is 48.2 Å². The van der Waals surface area contributed by atoms with Gasteiger partial charge in [-0.05, 0) is 62.7 Å². The highest BCUT2D eigenvalue weighted by Crippen LogP contribution is 2.42. The van der Waals surface area contributed by atoms with Crippen molar-refractivity contribution in [2.45, 2.75) is 43.4 Å². The molecule has 0 saturated carbocycles. The topological polar surface area (TPSA) is 147 Å². The molecule has 1 aliphatic rings. The maximum Gasteiger partial charge on any atom is 0.337 e. The highest BCUT2D eigenvalue weighted by atomic mass is 32.2. The van der Waals surface area contributed by atoms with Crippen molar-refractivity contribution in [1.29, 1.82) is 5.26 Å². The van der Waals surface area contributed by atoms with Crippen LogP contribution in [0, 0.1) is 24.8 Å². The highest BCUT2D eigenvalue weighted by molar-refractivity contribution is 7.98. The Labute approximate surface area is 258 Å². The third-order valence-corrected chi connectivity index (χ3v) is 7.81. The molecule has 224 valence electrons. The molecule has 12 heteroatoms. The van der Waals surface area contributed by atoms with E-state index >= 15 is 0 Å². The van der Waals surface area contributed by atoms with E-state index in [4.69, 9.17) is 35.7 Å². The standard InChI is InChI=1S/C32H29N5O6S/c1-18-25(36-29(42-18)20-6-8-21(9-7-20)31(38)39-5)17-44-30-24(14-33)26(27(35-4)28(34)37-30)19-10-12-22(13-11-19)40-15-23-16-41-32(2,3)43-23/h6-13,23H,15-17H2,1-3,5H3,(H2,34,37)/t23-/m1/s1. The molecular formula is C32H29N5O6S. The highest BCUT2D eigenvalue weighted by Gasteiger charge is 2.33. The minimum atomic E-state index is -0.632. The van der Waals surface area contributed by atoms with Gasteiger partial charge in [0.05, 0.1) is 37.1 Å². The number of carbonyl (C=O) groups excluding carboxylic acids is 1. The van der Waals surface area contributed by atoms with Crippen LogP contribution in [0.1, 0.15) is 41.2 Å². The van der Waals surface area contributed by atoms with E-state index in [1.54, 1.807) is 55.5 Å². The molecule has 0 aliphatic carbocycles. The summed E-state index contributed by atoms with van der Waals surface area (Å²) in [5.74, 6) is 0.906. The lowest BCUT2D eigenvalue weighted by molar-refractivity contribution is -0.141. The predicted molar refractivity (Wildman–Crippen MR) is 163 cm³/mol. The lowest BCUT2D eigenvalue weighted by atomic mass is 10.00. The van der Waals surface area contributed by atoms with Gasteiger partial charge in [-0.3, -0.25) is 0 Å². The van der Waals surface area contributed by atoms with Crippen molar-refractivity contribution in [2.75, 3.05) is 26.1 Å². The van der Waals surface area contributed by atoms with E-state index in [0.717, 1.165) is 0 Å². The zero-order valence-electron chi connectivity index (χ0n) is 24.5. The number of methoxy groups -OCH3 is 1. The second-order valence-electron chi connectivity index (χ2n) is 10.3. The summed E-state index contributed by atoms with van der Waals surface area (Å²) in [6.07, 6.45) is -0.181. The number of pyridine rings is 1. The molecule has 1 atom stereocenters. The van der Waals surface area contributed by atoms with E-state index in [1.165, 1.54) is 18.9 Å². The molecule has 2 N–H and O–H groups in total. The number of hydrogen-bond donors (Lipinski definition) is 1. The molecule has 0 bridgehead atoms. The Kier molecular flexibility index (Phi) is 8.88. The molecule has 4 aromatic rings. The Balaban J connectivity index is 1.35.